The molecule has 148 valence electrons. The minimum Gasteiger partial charge on any atom is -0.337 e. The third-order valence-electron chi connectivity index (χ3n) is 6.81. The Morgan fingerprint density at radius 2 is 2.17 bits per heavy atom. The van der Waals surface area contributed by atoms with Crippen LogP contribution in [0.15, 0.2) is 51.8 Å². The van der Waals surface area contributed by atoms with Crippen molar-refractivity contribution in [3.8, 4) is 0 Å². The van der Waals surface area contributed by atoms with E-state index in [0.29, 0.717) is 28.9 Å². The number of halogens is 1. The van der Waals surface area contributed by atoms with Gasteiger partial charge >= 0.3 is 0 Å². The lowest BCUT2D eigenvalue weighted by molar-refractivity contribution is 0.363. The van der Waals surface area contributed by atoms with Gasteiger partial charge in [-0.05, 0) is 41.2 Å². The molecule has 0 unspecified atom stereocenters. The van der Waals surface area contributed by atoms with Crippen molar-refractivity contribution in [3.05, 3.63) is 75.1 Å². The molecule has 30 heavy (non-hydrogen) atoms. The van der Waals surface area contributed by atoms with Crippen LogP contribution < -0.4 is 5.56 Å². The number of hydrogen-bond acceptors (Lipinski definition) is 6. The number of hydrogen-bond donors (Lipinski definition) is 0. The van der Waals surface area contributed by atoms with Gasteiger partial charge in [-0.15, -0.1) is 0 Å². The average molecular weight is 419 g/mol. The van der Waals surface area contributed by atoms with E-state index >= 15 is 0 Å². The summed E-state index contributed by atoms with van der Waals surface area (Å²) in [5.74, 6) is 2.24. The van der Waals surface area contributed by atoms with Crippen molar-refractivity contribution in [1.29, 1.82) is 0 Å². The summed E-state index contributed by atoms with van der Waals surface area (Å²) in [6.45, 7) is 0.186. The molecule has 4 aliphatic rings. The molecule has 8 nitrogen and oxygen atoms in total. The lowest BCUT2D eigenvalue weighted by Gasteiger charge is -2.02. The quantitative estimate of drug-likeness (QED) is 0.506. The second kappa shape index (κ2) is 5.26. The molecule has 2 fully saturated rings. The summed E-state index contributed by atoms with van der Waals surface area (Å²) >= 11 is 6.17. The molecule has 0 radical (unpaired) electrons. The zero-order valence-electron chi connectivity index (χ0n) is 15.9. The van der Waals surface area contributed by atoms with E-state index < -0.39 is 0 Å². The molecule has 2 bridgehead atoms. The Bertz CT molecular complexity index is 1480. The Morgan fingerprint density at radius 1 is 1.30 bits per heavy atom. The van der Waals surface area contributed by atoms with Crippen LogP contribution in [0, 0.1) is 11.8 Å². The van der Waals surface area contributed by atoms with Crippen molar-refractivity contribution < 1.29 is 4.52 Å². The van der Waals surface area contributed by atoms with Crippen molar-refractivity contribution in [3.63, 3.8) is 0 Å². The Morgan fingerprint density at radius 3 is 3.00 bits per heavy atom. The highest BCUT2D eigenvalue weighted by molar-refractivity contribution is 6.30. The maximum atomic E-state index is 12.7. The molecular formula is C21H15ClN6O2. The van der Waals surface area contributed by atoms with Gasteiger partial charge in [-0.25, -0.2) is 9.97 Å². The zero-order chi connectivity index (χ0) is 20.2. The Labute approximate surface area is 174 Å². The van der Waals surface area contributed by atoms with Gasteiger partial charge in [0.2, 0.25) is 5.89 Å². The first kappa shape index (κ1) is 16.5. The fourth-order valence-electron chi connectivity index (χ4n) is 5.37. The van der Waals surface area contributed by atoms with Crippen LogP contribution in [-0.4, -0.2) is 29.2 Å². The monoisotopic (exact) mass is 418 g/mol. The molecule has 1 aromatic carbocycles. The highest BCUT2D eigenvalue weighted by Crippen LogP contribution is 2.90. The lowest BCUT2D eigenvalue weighted by atomic mass is 10.1. The number of rotatable bonds is 4. The largest absolute Gasteiger partial charge is 0.337 e. The number of benzene rings is 1. The molecule has 9 heteroatoms. The summed E-state index contributed by atoms with van der Waals surface area (Å²) < 4.78 is 8.65. The van der Waals surface area contributed by atoms with Gasteiger partial charge in [0.1, 0.15) is 12.9 Å². The summed E-state index contributed by atoms with van der Waals surface area (Å²) in [7, 11) is 1.77. The molecule has 0 spiro atoms. The van der Waals surface area contributed by atoms with Gasteiger partial charge in [-0.1, -0.05) is 28.9 Å². The van der Waals surface area contributed by atoms with Gasteiger partial charge in [0.05, 0.1) is 11.7 Å². The molecule has 0 saturated heterocycles. The van der Waals surface area contributed by atoms with Gasteiger partial charge in [0, 0.05) is 18.0 Å². The van der Waals surface area contributed by atoms with Crippen molar-refractivity contribution in [2.24, 2.45) is 18.9 Å². The smallest absolute Gasteiger partial charge is 0.280 e. The molecule has 0 amide bonds. The number of aromatic nitrogens is 6. The third kappa shape index (κ3) is 1.90. The van der Waals surface area contributed by atoms with E-state index in [9.17, 15) is 4.79 Å². The second-order valence-corrected chi connectivity index (χ2v) is 8.71. The van der Waals surface area contributed by atoms with E-state index in [2.05, 4.69) is 26.2 Å². The fourth-order valence-corrected chi connectivity index (χ4v) is 5.56. The zero-order valence-corrected chi connectivity index (χ0v) is 16.7. The van der Waals surface area contributed by atoms with E-state index in [4.69, 9.17) is 16.1 Å². The van der Waals surface area contributed by atoms with Gasteiger partial charge < -0.3 is 9.09 Å². The second-order valence-electron chi connectivity index (χ2n) is 8.28. The molecular weight excluding hydrogens is 404 g/mol. The SMILES string of the molecule is Cn1cnc2ncn(Cc3nc([C@]45C6=C(c7cccc(Cl)c7)C[C@@H]4[C@H]65)no3)c(=O)c21. The van der Waals surface area contributed by atoms with E-state index in [-0.39, 0.29) is 17.5 Å². The van der Waals surface area contributed by atoms with Crippen LogP contribution in [0.2, 0.25) is 5.02 Å². The van der Waals surface area contributed by atoms with Crippen molar-refractivity contribution in [2.75, 3.05) is 0 Å². The minimum atomic E-state index is -0.181. The number of nitrogens with zero attached hydrogens (tertiary/aromatic N) is 6. The highest BCUT2D eigenvalue weighted by atomic mass is 35.5. The molecule has 3 heterocycles. The van der Waals surface area contributed by atoms with E-state index in [0.717, 1.165) is 17.3 Å². The normalized spacial score (nSPS) is 25.8. The van der Waals surface area contributed by atoms with Crippen molar-refractivity contribution in [2.45, 2.75) is 18.4 Å². The van der Waals surface area contributed by atoms with Crippen molar-refractivity contribution in [1.82, 2.24) is 29.2 Å². The van der Waals surface area contributed by atoms with Crippen LogP contribution >= 0.6 is 11.6 Å². The van der Waals surface area contributed by atoms with E-state index in [1.165, 1.54) is 27.6 Å². The average Bonchev–Trinajstić information content (AvgIpc) is 3.21. The number of aryl methyl sites for hydroxylation is 1. The molecule has 4 aromatic rings. The van der Waals surface area contributed by atoms with Gasteiger partial charge in [-0.3, -0.25) is 9.36 Å². The molecule has 3 aromatic heterocycles. The number of fused-ring (bicyclic) bond motifs is 2. The number of imidazole rings is 1. The minimum absolute atomic E-state index is 0.0470. The third-order valence-corrected chi connectivity index (χ3v) is 7.04. The first-order valence-electron chi connectivity index (χ1n) is 9.78. The van der Waals surface area contributed by atoms with Crippen LogP contribution in [-0.2, 0) is 19.0 Å². The first-order chi connectivity index (χ1) is 14.6. The van der Waals surface area contributed by atoms with E-state index in [1.807, 2.05) is 18.2 Å². The Kier molecular flexibility index (Phi) is 2.90. The number of allylic oxidation sites excluding steroid dienone is 2. The highest BCUT2D eigenvalue weighted by Gasteiger charge is 2.89. The summed E-state index contributed by atoms with van der Waals surface area (Å²) in [6.07, 6.45) is 4.08. The summed E-state index contributed by atoms with van der Waals surface area (Å²) in [5, 5.41) is 5.02. The topological polar surface area (TPSA) is 91.6 Å². The maximum Gasteiger partial charge on any atom is 0.280 e. The predicted octanol–water partition coefficient (Wildman–Crippen LogP) is 2.57. The summed E-state index contributed by atoms with van der Waals surface area (Å²) in [5.41, 5.74) is 4.65. The Balaban J connectivity index is 1.21. The maximum absolute atomic E-state index is 12.7. The molecule has 4 aliphatic carbocycles. The van der Waals surface area contributed by atoms with Gasteiger partial charge in [0.15, 0.2) is 17.0 Å². The molecule has 0 N–H and O–H groups in total. The van der Waals surface area contributed by atoms with Gasteiger partial charge in [0.25, 0.3) is 5.56 Å². The molecule has 3 atom stereocenters. The molecule has 2 saturated carbocycles. The van der Waals surface area contributed by atoms with Crippen LogP contribution in [0.25, 0.3) is 16.7 Å². The van der Waals surface area contributed by atoms with Crippen LogP contribution in [0.1, 0.15) is 23.7 Å². The molecule has 0 aliphatic heterocycles. The predicted molar refractivity (Wildman–Crippen MR) is 108 cm³/mol. The van der Waals surface area contributed by atoms with Crippen LogP contribution in [0.5, 0.6) is 0 Å². The first-order valence-corrected chi connectivity index (χ1v) is 10.2. The van der Waals surface area contributed by atoms with E-state index in [1.54, 1.807) is 17.9 Å². The summed E-state index contributed by atoms with van der Waals surface area (Å²) in [6, 6.07) is 8.01. The van der Waals surface area contributed by atoms with Gasteiger partial charge in [-0.2, -0.15) is 4.98 Å². The van der Waals surface area contributed by atoms with Crippen molar-refractivity contribution >= 4 is 28.3 Å². The Hall–Kier alpha value is -3.26. The molecule has 8 rings (SSSR count). The van der Waals surface area contributed by atoms with Crippen LogP contribution in [0.4, 0.5) is 0 Å². The van der Waals surface area contributed by atoms with Crippen LogP contribution in [0.3, 0.4) is 0 Å². The standard InChI is InChI=1S/C21H15ClN6O2/c1-27-8-23-18-17(27)19(29)28(9-24-18)7-14-25-20(26-30-14)21-13-6-12(15(21)16(13)21)10-3-2-4-11(22)5-10/h2-5,8-9,13,16H,6-7H2,1H3/t13-,16-,21+/m1/s1. The lowest BCUT2D eigenvalue weighted by Crippen LogP contribution is -2.22. The summed E-state index contributed by atoms with van der Waals surface area (Å²) in [4.78, 5) is 25.7. The fraction of sp³-hybridized carbons (Fsp3) is 0.286.